The normalized spacial score (nSPS) is 13.0. The second kappa shape index (κ2) is 7.55. The Bertz CT molecular complexity index is 1250. The average Bonchev–Trinajstić information content (AvgIpc) is 3.13. The first kappa shape index (κ1) is 18.2. The van der Waals surface area contributed by atoms with E-state index in [1.807, 2.05) is 47.4 Å². The van der Waals surface area contributed by atoms with E-state index in [2.05, 4.69) is 22.1 Å². The van der Waals surface area contributed by atoms with Gasteiger partial charge in [-0.3, -0.25) is 14.8 Å². The number of amides is 1. The second-order valence-corrected chi connectivity index (χ2v) is 7.25. The van der Waals surface area contributed by atoms with Crippen LogP contribution in [0.3, 0.4) is 0 Å². The molecule has 0 saturated carbocycles. The maximum absolute atomic E-state index is 13.0. The highest BCUT2D eigenvalue weighted by atomic mass is 16.5. The fraction of sp³-hybridized carbons (Fsp3) is 0.167. The molecule has 3 heterocycles. The van der Waals surface area contributed by atoms with Gasteiger partial charge < -0.3 is 9.64 Å². The number of nitrogens with zero attached hydrogens (tertiary/aromatic N) is 4. The molecule has 30 heavy (non-hydrogen) atoms. The van der Waals surface area contributed by atoms with Gasteiger partial charge in [0.2, 0.25) is 5.88 Å². The Morgan fingerprint density at radius 3 is 2.73 bits per heavy atom. The third kappa shape index (κ3) is 3.26. The Morgan fingerprint density at radius 2 is 1.83 bits per heavy atom. The summed E-state index contributed by atoms with van der Waals surface area (Å²) in [7, 11) is 1.56. The van der Waals surface area contributed by atoms with Gasteiger partial charge in [0.15, 0.2) is 0 Å². The number of hydrogen-bond acceptors (Lipinski definition) is 5. The number of carbonyl (C=O) groups is 1. The summed E-state index contributed by atoms with van der Waals surface area (Å²) in [6.45, 7) is 1.17. The Labute approximate surface area is 174 Å². The number of ether oxygens (including phenoxy) is 1. The molecule has 148 valence electrons. The molecule has 5 rings (SSSR count). The molecular formula is C24H20N4O2. The van der Waals surface area contributed by atoms with E-state index in [0.717, 1.165) is 33.3 Å². The van der Waals surface area contributed by atoms with Gasteiger partial charge in [-0.05, 0) is 23.8 Å². The van der Waals surface area contributed by atoms with Gasteiger partial charge in [0, 0.05) is 41.7 Å². The van der Waals surface area contributed by atoms with Gasteiger partial charge in [-0.25, -0.2) is 4.98 Å². The monoisotopic (exact) mass is 396 g/mol. The minimum atomic E-state index is 0.0449. The Morgan fingerprint density at radius 1 is 0.967 bits per heavy atom. The summed E-state index contributed by atoms with van der Waals surface area (Å²) in [5.41, 5.74) is 5.29. The van der Waals surface area contributed by atoms with E-state index in [1.165, 1.54) is 0 Å². The first-order valence-corrected chi connectivity index (χ1v) is 9.85. The van der Waals surface area contributed by atoms with E-state index in [-0.39, 0.29) is 5.91 Å². The standard InChI is InChI=1S/C24H20N4O2/c1-30-23-14-25-13-22(27-23)18-6-4-7-19-20(18)15-28(24(19)29)12-11-17-10-9-16-5-2-3-8-21(16)26-17/h2-10,13-14H,11-12,15H2,1H3. The summed E-state index contributed by atoms with van der Waals surface area (Å²) in [4.78, 5) is 28.3. The van der Waals surface area contributed by atoms with E-state index in [1.54, 1.807) is 19.5 Å². The minimum Gasteiger partial charge on any atom is -0.480 e. The second-order valence-electron chi connectivity index (χ2n) is 7.25. The molecular weight excluding hydrogens is 376 g/mol. The lowest BCUT2D eigenvalue weighted by Crippen LogP contribution is -2.26. The quantitative estimate of drug-likeness (QED) is 0.512. The Hall–Kier alpha value is -3.80. The predicted molar refractivity (Wildman–Crippen MR) is 114 cm³/mol. The zero-order valence-electron chi connectivity index (χ0n) is 16.6. The molecule has 2 aromatic heterocycles. The number of pyridine rings is 1. The molecule has 0 fully saturated rings. The Kier molecular flexibility index (Phi) is 4.59. The third-order valence-electron chi connectivity index (χ3n) is 5.43. The van der Waals surface area contributed by atoms with E-state index in [4.69, 9.17) is 9.72 Å². The molecule has 0 spiro atoms. The van der Waals surface area contributed by atoms with Crippen molar-refractivity contribution in [3.63, 3.8) is 0 Å². The van der Waals surface area contributed by atoms with Crippen molar-refractivity contribution >= 4 is 16.8 Å². The van der Waals surface area contributed by atoms with Gasteiger partial charge in [0.05, 0.1) is 30.7 Å². The van der Waals surface area contributed by atoms with Crippen molar-refractivity contribution in [3.8, 4) is 17.1 Å². The number of benzene rings is 2. The predicted octanol–water partition coefficient (Wildman–Crippen LogP) is 3.90. The highest BCUT2D eigenvalue weighted by molar-refractivity contribution is 6.00. The van der Waals surface area contributed by atoms with Crippen LogP contribution in [0, 0.1) is 0 Å². The fourth-order valence-electron chi connectivity index (χ4n) is 3.88. The number of hydrogen-bond donors (Lipinski definition) is 0. The van der Waals surface area contributed by atoms with E-state index in [9.17, 15) is 4.79 Å². The molecule has 0 N–H and O–H groups in total. The summed E-state index contributed by atoms with van der Waals surface area (Å²) in [6.07, 6.45) is 3.98. The van der Waals surface area contributed by atoms with Gasteiger partial charge >= 0.3 is 0 Å². The SMILES string of the molecule is COc1cncc(-c2cccc3c2CN(CCc2ccc4ccccc4n2)C3=O)n1. The van der Waals surface area contributed by atoms with Crippen LogP contribution in [0.1, 0.15) is 21.6 Å². The van der Waals surface area contributed by atoms with Crippen LogP contribution < -0.4 is 4.74 Å². The van der Waals surface area contributed by atoms with Gasteiger partial charge in [-0.1, -0.05) is 36.4 Å². The van der Waals surface area contributed by atoms with Crippen LogP contribution in [-0.2, 0) is 13.0 Å². The van der Waals surface area contributed by atoms with Gasteiger partial charge in [-0.15, -0.1) is 0 Å². The first-order valence-electron chi connectivity index (χ1n) is 9.85. The number of rotatable bonds is 5. The highest BCUT2D eigenvalue weighted by Crippen LogP contribution is 2.32. The van der Waals surface area contributed by atoms with E-state index >= 15 is 0 Å². The van der Waals surface area contributed by atoms with Crippen molar-refractivity contribution in [1.82, 2.24) is 19.9 Å². The lowest BCUT2D eigenvalue weighted by Gasteiger charge is -2.15. The topological polar surface area (TPSA) is 68.2 Å². The molecule has 1 amide bonds. The number of fused-ring (bicyclic) bond motifs is 2. The van der Waals surface area contributed by atoms with Crippen LogP contribution in [0.15, 0.2) is 67.0 Å². The zero-order chi connectivity index (χ0) is 20.5. The summed E-state index contributed by atoms with van der Waals surface area (Å²) in [5.74, 6) is 0.497. The number of methoxy groups -OCH3 is 1. The van der Waals surface area contributed by atoms with Gasteiger partial charge in [-0.2, -0.15) is 0 Å². The molecule has 2 aromatic carbocycles. The van der Waals surface area contributed by atoms with Gasteiger partial charge in [0.1, 0.15) is 0 Å². The van der Waals surface area contributed by atoms with Crippen molar-refractivity contribution < 1.29 is 9.53 Å². The lowest BCUT2D eigenvalue weighted by atomic mass is 10.0. The molecule has 1 aliphatic heterocycles. The molecule has 6 heteroatoms. The number of carbonyl (C=O) groups excluding carboxylic acids is 1. The molecule has 0 unspecified atom stereocenters. The molecule has 0 atom stereocenters. The molecule has 0 radical (unpaired) electrons. The summed E-state index contributed by atoms with van der Waals surface area (Å²) in [5, 5.41) is 1.12. The van der Waals surface area contributed by atoms with E-state index in [0.29, 0.717) is 31.1 Å². The zero-order valence-corrected chi connectivity index (χ0v) is 16.6. The van der Waals surface area contributed by atoms with Crippen LogP contribution in [-0.4, -0.2) is 39.4 Å². The van der Waals surface area contributed by atoms with Crippen molar-refractivity contribution in [1.29, 1.82) is 0 Å². The molecule has 4 aromatic rings. The Balaban J connectivity index is 1.38. The maximum atomic E-state index is 13.0. The van der Waals surface area contributed by atoms with Crippen molar-refractivity contribution in [2.45, 2.75) is 13.0 Å². The van der Waals surface area contributed by atoms with Crippen LogP contribution in [0.5, 0.6) is 5.88 Å². The summed E-state index contributed by atoms with van der Waals surface area (Å²) in [6, 6.07) is 17.9. The van der Waals surface area contributed by atoms with Crippen LogP contribution in [0.25, 0.3) is 22.2 Å². The minimum absolute atomic E-state index is 0.0449. The van der Waals surface area contributed by atoms with Crippen LogP contribution in [0.2, 0.25) is 0 Å². The molecule has 0 saturated heterocycles. The maximum Gasteiger partial charge on any atom is 0.254 e. The largest absolute Gasteiger partial charge is 0.480 e. The summed E-state index contributed by atoms with van der Waals surface area (Å²) >= 11 is 0. The molecule has 0 aliphatic carbocycles. The van der Waals surface area contributed by atoms with Crippen molar-refractivity contribution in [2.75, 3.05) is 13.7 Å². The lowest BCUT2D eigenvalue weighted by molar-refractivity contribution is 0.0780. The number of aromatic nitrogens is 3. The molecule has 1 aliphatic rings. The van der Waals surface area contributed by atoms with Crippen molar-refractivity contribution in [3.05, 3.63) is 83.8 Å². The first-order chi connectivity index (χ1) is 14.7. The van der Waals surface area contributed by atoms with Crippen LogP contribution in [0.4, 0.5) is 0 Å². The van der Waals surface area contributed by atoms with Crippen molar-refractivity contribution in [2.24, 2.45) is 0 Å². The number of para-hydroxylation sites is 1. The third-order valence-corrected chi connectivity index (χ3v) is 5.43. The fourth-order valence-corrected chi connectivity index (χ4v) is 3.88. The van der Waals surface area contributed by atoms with Gasteiger partial charge in [0.25, 0.3) is 5.91 Å². The highest BCUT2D eigenvalue weighted by Gasteiger charge is 2.29. The van der Waals surface area contributed by atoms with Crippen LogP contribution >= 0.6 is 0 Å². The molecule has 0 bridgehead atoms. The van der Waals surface area contributed by atoms with E-state index < -0.39 is 0 Å². The summed E-state index contributed by atoms with van der Waals surface area (Å²) < 4.78 is 5.20. The average molecular weight is 396 g/mol. The molecule has 6 nitrogen and oxygen atoms in total. The smallest absolute Gasteiger partial charge is 0.254 e.